The fourth-order valence-corrected chi connectivity index (χ4v) is 4.51. The highest BCUT2D eigenvalue weighted by molar-refractivity contribution is 5.87. The molecule has 3 aromatic rings. The van der Waals surface area contributed by atoms with E-state index in [9.17, 15) is 19.5 Å². The van der Waals surface area contributed by atoms with Gasteiger partial charge in [-0.1, -0.05) is 62.4 Å². The van der Waals surface area contributed by atoms with Crippen LogP contribution in [-0.2, 0) is 27.3 Å². The number of benzene rings is 2. The van der Waals surface area contributed by atoms with Gasteiger partial charge in [-0.3, -0.25) is 9.78 Å². The molecule has 47 heavy (non-hydrogen) atoms. The number of aromatic nitrogens is 1. The first-order chi connectivity index (χ1) is 22.3. The number of hydrazine groups is 1. The Morgan fingerprint density at radius 1 is 0.957 bits per heavy atom. The molecule has 1 heterocycles. The Kier molecular flexibility index (Phi) is 13.7. The zero-order valence-corrected chi connectivity index (χ0v) is 28.0. The number of aliphatic hydroxyl groups is 1. The van der Waals surface area contributed by atoms with Gasteiger partial charge in [0.1, 0.15) is 24.1 Å². The summed E-state index contributed by atoms with van der Waals surface area (Å²) in [6, 6.07) is 20.5. The normalized spacial score (nSPS) is 13.4. The molecule has 12 heteroatoms. The molecule has 3 atom stereocenters. The zero-order chi connectivity index (χ0) is 34.6. The van der Waals surface area contributed by atoms with Gasteiger partial charge < -0.3 is 30.4 Å². The summed E-state index contributed by atoms with van der Waals surface area (Å²) in [7, 11) is 1.52. The summed E-state index contributed by atoms with van der Waals surface area (Å²) in [6.45, 7) is 8.06. The zero-order valence-electron chi connectivity index (χ0n) is 28.0. The minimum Gasteiger partial charge on any atom is -0.497 e. The van der Waals surface area contributed by atoms with Crippen molar-refractivity contribution in [1.29, 1.82) is 0 Å². The predicted molar refractivity (Wildman–Crippen MR) is 177 cm³/mol. The first-order valence-corrected chi connectivity index (χ1v) is 15.6. The van der Waals surface area contributed by atoms with Crippen LogP contribution in [0.1, 0.15) is 64.0 Å². The van der Waals surface area contributed by atoms with Gasteiger partial charge in [0.2, 0.25) is 5.91 Å². The molecule has 3 amide bonds. The lowest BCUT2D eigenvalue weighted by molar-refractivity contribution is -0.131. The molecule has 2 aromatic carbocycles. The standard InChI is InChI=1S/C35H47N5O7/c1-24(2)30(36)32(42)38-31(26-16-19-29(45-6)20-17-26)39(22-28(41)18-15-25-12-8-7-9-13-25)40(34(44)47-35(3,4)5)33(43)46-23-27-14-10-11-21-37-27/h7-14,16-17,19-21,24,28,30-31,41H,15,18,22-23,36H2,1-6H3,(H,38,42)/t28-,30?,31?/m0/s1. The Labute approximate surface area is 276 Å². The van der Waals surface area contributed by atoms with E-state index >= 15 is 0 Å². The third-order valence-electron chi connectivity index (χ3n) is 7.10. The summed E-state index contributed by atoms with van der Waals surface area (Å²) in [5.74, 6) is -0.205. The smallest absolute Gasteiger partial charge is 0.435 e. The lowest BCUT2D eigenvalue weighted by Crippen LogP contribution is -2.59. The molecule has 0 spiro atoms. The van der Waals surface area contributed by atoms with E-state index in [1.54, 1.807) is 83.3 Å². The second kappa shape index (κ2) is 17.4. The van der Waals surface area contributed by atoms with E-state index in [0.29, 0.717) is 28.4 Å². The maximum atomic E-state index is 13.9. The molecule has 0 saturated carbocycles. The largest absolute Gasteiger partial charge is 0.497 e. The van der Waals surface area contributed by atoms with E-state index in [1.807, 2.05) is 30.3 Å². The fraction of sp³-hybridized carbons (Fsp3) is 0.429. The Morgan fingerprint density at radius 2 is 1.62 bits per heavy atom. The molecule has 254 valence electrons. The number of nitrogens with zero attached hydrogens (tertiary/aromatic N) is 3. The number of imide groups is 1. The molecule has 0 aliphatic heterocycles. The minimum atomic E-state index is -1.18. The summed E-state index contributed by atoms with van der Waals surface area (Å²) in [4.78, 5) is 45.5. The first kappa shape index (κ1) is 36.9. The molecule has 1 aromatic heterocycles. The summed E-state index contributed by atoms with van der Waals surface area (Å²) >= 11 is 0. The van der Waals surface area contributed by atoms with Gasteiger partial charge in [-0.15, -0.1) is 5.01 Å². The number of carbonyl (C=O) groups excluding carboxylic acids is 3. The van der Waals surface area contributed by atoms with E-state index < -0.39 is 42.0 Å². The van der Waals surface area contributed by atoms with Gasteiger partial charge in [0.05, 0.1) is 24.9 Å². The highest BCUT2D eigenvalue weighted by atomic mass is 16.6. The van der Waals surface area contributed by atoms with Crippen LogP contribution in [0.3, 0.4) is 0 Å². The number of aliphatic hydroxyl groups excluding tert-OH is 1. The third-order valence-corrected chi connectivity index (χ3v) is 7.10. The summed E-state index contributed by atoms with van der Waals surface area (Å²) in [6.07, 6.45) is -2.07. The van der Waals surface area contributed by atoms with Gasteiger partial charge in [0, 0.05) is 12.7 Å². The van der Waals surface area contributed by atoms with Gasteiger partial charge in [-0.2, -0.15) is 5.01 Å². The van der Waals surface area contributed by atoms with Crippen molar-refractivity contribution in [3.8, 4) is 5.75 Å². The number of nitrogens with one attached hydrogen (secondary N) is 1. The molecule has 4 N–H and O–H groups in total. The van der Waals surface area contributed by atoms with E-state index in [4.69, 9.17) is 19.9 Å². The molecule has 3 rings (SSSR count). The molecular formula is C35H47N5O7. The van der Waals surface area contributed by atoms with Gasteiger partial charge in [-0.05, 0) is 74.9 Å². The van der Waals surface area contributed by atoms with Crippen LogP contribution in [0.5, 0.6) is 5.75 Å². The van der Waals surface area contributed by atoms with Crippen LogP contribution in [0.2, 0.25) is 0 Å². The van der Waals surface area contributed by atoms with E-state index in [1.165, 1.54) is 12.1 Å². The highest BCUT2D eigenvalue weighted by Gasteiger charge is 2.40. The number of hydrogen-bond donors (Lipinski definition) is 3. The second-order valence-electron chi connectivity index (χ2n) is 12.4. The average molecular weight is 650 g/mol. The number of aryl methyl sites for hydroxylation is 1. The predicted octanol–water partition coefficient (Wildman–Crippen LogP) is 4.97. The van der Waals surface area contributed by atoms with Crippen LogP contribution in [0.4, 0.5) is 9.59 Å². The molecule has 0 saturated heterocycles. The number of hydrogen-bond acceptors (Lipinski definition) is 10. The number of amides is 3. The van der Waals surface area contributed by atoms with Crippen molar-refractivity contribution < 1.29 is 33.7 Å². The van der Waals surface area contributed by atoms with Crippen LogP contribution >= 0.6 is 0 Å². The van der Waals surface area contributed by atoms with Crippen molar-refractivity contribution in [3.05, 3.63) is 95.8 Å². The quantitative estimate of drug-likeness (QED) is 0.161. The van der Waals surface area contributed by atoms with Crippen molar-refractivity contribution >= 4 is 18.1 Å². The number of methoxy groups -OCH3 is 1. The van der Waals surface area contributed by atoms with E-state index in [-0.39, 0.29) is 25.5 Å². The molecule has 0 fully saturated rings. The van der Waals surface area contributed by atoms with Gasteiger partial charge in [0.15, 0.2) is 0 Å². The Hall–Kier alpha value is -4.52. The summed E-state index contributed by atoms with van der Waals surface area (Å²) in [5, 5.41) is 16.2. The molecule has 0 aliphatic carbocycles. The van der Waals surface area contributed by atoms with E-state index in [0.717, 1.165) is 5.56 Å². The summed E-state index contributed by atoms with van der Waals surface area (Å²) in [5.41, 5.74) is 7.14. The number of rotatable bonds is 14. The van der Waals surface area contributed by atoms with Crippen LogP contribution < -0.4 is 15.8 Å². The van der Waals surface area contributed by atoms with Crippen LogP contribution in [0, 0.1) is 5.92 Å². The lowest BCUT2D eigenvalue weighted by atomic mass is 10.0. The number of carbonyl (C=O) groups is 3. The molecule has 0 aliphatic rings. The second-order valence-corrected chi connectivity index (χ2v) is 12.4. The van der Waals surface area contributed by atoms with E-state index in [2.05, 4.69) is 10.3 Å². The van der Waals surface area contributed by atoms with Gasteiger partial charge >= 0.3 is 12.2 Å². The summed E-state index contributed by atoms with van der Waals surface area (Å²) < 4.78 is 16.6. The molecular weight excluding hydrogens is 602 g/mol. The van der Waals surface area contributed by atoms with Crippen molar-refractivity contribution in [2.75, 3.05) is 13.7 Å². The Morgan fingerprint density at radius 3 is 2.19 bits per heavy atom. The molecule has 12 nitrogen and oxygen atoms in total. The lowest BCUT2D eigenvalue weighted by Gasteiger charge is -2.40. The third kappa shape index (κ3) is 11.7. The average Bonchev–Trinajstić information content (AvgIpc) is 3.04. The number of pyridine rings is 1. The van der Waals surface area contributed by atoms with Gasteiger partial charge in [0.25, 0.3) is 0 Å². The minimum absolute atomic E-state index is 0.221. The Bertz CT molecular complexity index is 1420. The van der Waals surface area contributed by atoms with Gasteiger partial charge in [-0.25, -0.2) is 9.59 Å². The van der Waals surface area contributed by atoms with Crippen LogP contribution in [-0.4, -0.2) is 69.6 Å². The molecule has 2 unspecified atom stereocenters. The van der Waals surface area contributed by atoms with Crippen molar-refractivity contribution in [2.45, 2.75) is 78.0 Å². The monoisotopic (exact) mass is 649 g/mol. The topological polar surface area (TPSA) is 157 Å². The molecule has 0 bridgehead atoms. The number of nitrogens with two attached hydrogens (primary N) is 1. The SMILES string of the molecule is COc1ccc(C(NC(=O)C(N)C(C)C)N(C[C@@H](O)CCc2ccccc2)N(C(=O)OCc2ccccn2)C(=O)OC(C)(C)C)cc1. The van der Waals surface area contributed by atoms with Crippen molar-refractivity contribution in [3.63, 3.8) is 0 Å². The van der Waals surface area contributed by atoms with Crippen LogP contribution in [0.25, 0.3) is 0 Å². The highest BCUT2D eigenvalue weighted by Crippen LogP contribution is 2.27. The van der Waals surface area contributed by atoms with Crippen LogP contribution in [0.15, 0.2) is 79.0 Å². The molecule has 0 radical (unpaired) electrons. The first-order valence-electron chi connectivity index (χ1n) is 15.6. The Balaban J connectivity index is 2.10. The van der Waals surface area contributed by atoms with Crippen molar-refractivity contribution in [1.82, 2.24) is 20.3 Å². The number of ether oxygens (including phenoxy) is 3. The fourth-order valence-electron chi connectivity index (χ4n) is 4.51. The maximum Gasteiger partial charge on any atom is 0.435 e. The maximum absolute atomic E-state index is 13.9. The van der Waals surface area contributed by atoms with Crippen molar-refractivity contribution in [2.24, 2.45) is 11.7 Å².